The lowest BCUT2D eigenvalue weighted by molar-refractivity contribution is -0.153. The van der Waals surface area contributed by atoms with E-state index in [9.17, 15) is 29.7 Å². The number of hydrogen-bond donors (Lipinski definition) is 4. The van der Waals surface area contributed by atoms with E-state index >= 15 is 0 Å². The van der Waals surface area contributed by atoms with Gasteiger partial charge < -0.3 is 25.5 Å². The van der Waals surface area contributed by atoms with Crippen molar-refractivity contribution in [1.29, 1.82) is 0 Å². The molecule has 0 saturated carbocycles. The van der Waals surface area contributed by atoms with Gasteiger partial charge in [0.15, 0.2) is 0 Å². The number of carbonyl (C=O) groups excluding carboxylic acids is 3. The van der Waals surface area contributed by atoms with Crippen LogP contribution in [0, 0.1) is 5.41 Å². The number of aliphatic hydroxyl groups is 3. The molecule has 3 unspecified atom stereocenters. The number of nitrogens with zero attached hydrogens (tertiary/aromatic N) is 1. The van der Waals surface area contributed by atoms with Crippen molar-refractivity contribution in [1.82, 2.24) is 10.2 Å². The molecule has 4 N–H and O–H groups in total. The largest absolute Gasteiger partial charge is 0.394 e. The first kappa shape index (κ1) is 21.5. The first-order chi connectivity index (χ1) is 11.5. The highest BCUT2D eigenvalue weighted by Gasteiger charge is 2.43. The van der Waals surface area contributed by atoms with Gasteiger partial charge >= 0.3 is 0 Å². The molecule has 0 bridgehead atoms. The van der Waals surface area contributed by atoms with Crippen LogP contribution in [0.5, 0.6) is 0 Å². The van der Waals surface area contributed by atoms with Crippen LogP contribution in [0.3, 0.4) is 0 Å². The zero-order valence-electron chi connectivity index (χ0n) is 15.4. The van der Waals surface area contributed by atoms with Crippen LogP contribution in [-0.2, 0) is 14.4 Å². The van der Waals surface area contributed by atoms with Crippen molar-refractivity contribution in [3.8, 4) is 0 Å². The number of rotatable bonds is 6. The molecular formula is C17H30N2O6. The van der Waals surface area contributed by atoms with E-state index < -0.39 is 36.3 Å². The molecule has 0 aromatic rings. The van der Waals surface area contributed by atoms with Crippen LogP contribution in [-0.4, -0.2) is 75.3 Å². The van der Waals surface area contributed by atoms with Crippen LogP contribution in [0.2, 0.25) is 0 Å². The molecule has 25 heavy (non-hydrogen) atoms. The minimum atomic E-state index is -1.37. The lowest BCUT2D eigenvalue weighted by atomic mass is 9.87. The molecule has 1 fully saturated rings. The number of piperidine rings is 1. The van der Waals surface area contributed by atoms with Gasteiger partial charge in [0.05, 0.1) is 18.7 Å². The fraction of sp³-hybridized carbons (Fsp3) is 0.824. The predicted molar refractivity (Wildman–Crippen MR) is 90.5 cm³/mol. The summed E-state index contributed by atoms with van der Waals surface area (Å²) in [5, 5.41) is 32.2. The standard InChI is InChI=1S/C17H30N2O6/c1-10(21)18-11-8-19(12(9-20)16(25)15(11)24)14(23)7-5-6-13(22)17(2,3)4/h11-12,15-16,20,24-25H,5-9H2,1-4H3,(H,18,21)/t11?,12?,15?,16-/m0/s1. The summed E-state index contributed by atoms with van der Waals surface area (Å²) in [6, 6.07) is -1.75. The maximum absolute atomic E-state index is 12.5. The van der Waals surface area contributed by atoms with Crippen molar-refractivity contribution in [3.63, 3.8) is 0 Å². The van der Waals surface area contributed by atoms with Crippen molar-refractivity contribution in [2.24, 2.45) is 5.41 Å². The highest BCUT2D eigenvalue weighted by molar-refractivity contribution is 5.84. The third-order valence-electron chi connectivity index (χ3n) is 4.48. The second-order valence-electron chi connectivity index (χ2n) is 7.61. The predicted octanol–water partition coefficient (Wildman–Crippen LogP) is -0.798. The lowest BCUT2D eigenvalue weighted by Crippen LogP contribution is -2.67. The molecular weight excluding hydrogens is 328 g/mol. The summed E-state index contributed by atoms with van der Waals surface area (Å²) < 4.78 is 0. The van der Waals surface area contributed by atoms with Gasteiger partial charge in [-0.3, -0.25) is 14.4 Å². The molecule has 1 heterocycles. The van der Waals surface area contributed by atoms with E-state index in [-0.39, 0.29) is 37.0 Å². The van der Waals surface area contributed by atoms with Crippen molar-refractivity contribution >= 4 is 17.6 Å². The molecule has 1 aliphatic rings. The van der Waals surface area contributed by atoms with Crippen molar-refractivity contribution in [2.75, 3.05) is 13.2 Å². The summed E-state index contributed by atoms with van der Waals surface area (Å²) in [6.45, 7) is 6.23. The normalized spacial score (nSPS) is 27.1. The maximum Gasteiger partial charge on any atom is 0.223 e. The molecule has 1 rings (SSSR count). The average molecular weight is 358 g/mol. The second kappa shape index (κ2) is 8.73. The Labute approximate surface area is 148 Å². The first-order valence-electron chi connectivity index (χ1n) is 8.56. The van der Waals surface area contributed by atoms with E-state index in [2.05, 4.69) is 5.32 Å². The third kappa shape index (κ3) is 5.76. The molecule has 1 saturated heterocycles. The van der Waals surface area contributed by atoms with Gasteiger partial charge in [0.2, 0.25) is 11.8 Å². The van der Waals surface area contributed by atoms with Gasteiger partial charge in [-0.05, 0) is 6.42 Å². The molecule has 2 amide bonds. The van der Waals surface area contributed by atoms with Crippen LogP contribution in [0.15, 0.2) is 0 Å². The number of Topliss-reactive ketones (excluding diaryl/α,β-unsaturated/α-hetero) is 1. The molecule has 4 atom stereocenters. The van der Waals surface area contributed by atoms with E-state index in [1.807, 2.05) is 20.8 Å². The molecule has 144 valence electrons. The average Bonchev–Trinajstić information content (AvgIpc) is 2.50. The third-order valence-corrected chi connectivity index (χ3v) is 4.48. The van der Waals surface area contributed by atoms with E-state index in [0.717, 1.165) is 0 Å². The van der Waals surface area contributed by atoms with Crippen LogP contribution >= 0.6 is 0 Å². The van der Waals surface area contributed by atoms with E-state index in [1.165, 1.54) is 11.8 Å². The van der Waals surface area contributed by atoms with Gasteiger partial charge in [-0.1, -0.05) is 20.8 Å². The molecule has 0 aromatic heterocycles. The van der Waals surface area contributed by atoms with E-state index in [1.54, 1.807) is 0 Å². The Kier molecular flexibility index (Phi) is 7.52. The molecule has 8 heteroatoms. The van der Waals surface area contributed by atoms with Crippen molar-refractivity contribution in [3.05, 3.63) is 0 Å². The van der Waals surface area contributed by atoms with Crippen LogP contribution < -0.4 is 5.32 Å². The summed E-state index contributed by atoms with van der Waals surface area (Å²) >= 11 is 0. The van der Waals surface area contributed by atoms with Gasteiger partial charge in [-0.15, -0.1) is 0 Å². The van der Waals surface area contributed by atoms with E-state index in [0.29, 0.717) is 6.42 Å². The summed E-state index contributed by atoms with van der Waals surface area (Å²) in [7, 11) is 0. The number of likely N-dealkylation sites (tertiary alicyclic amines) is 1. The lowest BCUT2D eigenvalue weighted by Gasteiger charge is -2.45. The second-order valence-corrected chi connectivity index (χ2v) is 7.61. The Morgan fingerprint density at radius 1 is 1.12 bits per heavy atom. The van der Waals surface area contributed by atoms with Gasteiger partial charge in [-0.2, -0.15) is 0 Å². The molecule has 0 spiro atoms. The number of hydrogen-bond acceptors (Lipinski definition) is 6. The quantitative estimate of drug-likeness (QED) is 0.492. The Morgan fingerprint density at radius 2 is 1.72 bits per heavy atom. The minimum absolute atomic E-state index is 0.00488. The summed E-state index contributed by atoms with van der Waals surface area (Å²) in [5.41, 5.74) is -0.460. The maximum atomic E-state index is 12.5. The molecule has 8 nitrogen and oxygen atoms in total. The number of carbonyl (C=O) groups is 3. The number of ketones is 1. The number of aliphatic hydroxyl groups excluding tert-OH is 3. The Bertz CT molecular complexity index is 502. The van der Waals surface area contributed by atoms with Crippen LogP contribution in [0.4, 0.5) is 0 Å². The van der Waals surface area contributed by atoms with Gasteiger partial charge in [-0.25, -0.2) is 0 Å². The summed E-state index contributed by atoms with van der Waals surface area (Å²) in [6.07, 6.45) is -1.91. The fourth-order valence-electron chi connectivity index (χ4n) is 2.91. The Balaban J connectivity index is 2.72. The van der Waals surface area contributed by atoms with Gasteiger partial charge in [0.1, 0.15) is 18.0 Å². The molecule has 1 aliphatic heterocycles. The summed E-state index contributed by atoms with van der Waals surface area (Å²) in [4.78, 5) is 36.9. The van der Waals surface area contributed by atoms with Crippen LogP contribution in [0.25, 0.3) is 0 Å². The topological polar surface area (TPSA) is 127 Å². The van der Waals surface area contributed by atoms with Gasteiger partial charge in [0, 0.05) is 31.7 Å². The molecule has 0 aliphatic carbocycles. The highest BCUT2D eigenvalue weighted by atomic mass is 16.3. The minimum Gasteiger partial charge on any atom is -0.394 e. The number of nitrogens with one attached hydrogen (secondary N) is 1. The molecule has 0 radical (unpaired) electrons. The zero-order valence-corrected chi connectivity index (χ0v) is 15.4. The smallest absolute Gasteiger partial charge is 0.223 e. The monoisotopic (exact) mass is 358 g/mol. The zero-order chi connectivity index (χ0) is 19.4. The SMILES string of the molecule is CC(=O)NC1CN(C(=O)CCCC(=O)C(C)(C)C)C(CO)[C@H](O)C1O. The molecule has 0 aromatic carbocycles. The Morgan fingerprint density at radius 3 is 2.20 bits per heavy atom. The Hall–Kier alpha value is -1.51. The van der Waals surface area contributed by atoms with E-state index in [4.69, 9.17) is 0 Å². The van der Waals surface area contributed by atoms with Gasteiger partial charge in [0.25, 0.3) is 0 Å². The number of amides is 2. The highest BCUT2D eigenvalue weighted by Crippen LogP contribution is 2.22. The summed E-state index contributed by atoms with van der Waals surface area (Å²) in [5.74, 6) is -0.659. The van der Waals surface area contributed by atoms with Crippen LogP contribution in [0.1, 0.15) is 47.0 Å². The van der Waals surface area contributed by atoms with Crippen molar-refractivity contribution < 1.29 is 29.7 Å². The first-order valence-corrected chi connectivity index (χ1v) is 8.56. The fourth-order valence-corrected chi connectivity index (χ4v) is 2.91. The van der Waals surface area contributed by atoms with Crippen molar-refractivity contribution in [2.45, 2.75) is 71.2 Å².